The number of carboxylic acid groups (broad SMARTS) is 1. The molecule has 0 aliphatic heterocycles. The highest BCUT2D eigenvalue weighted by Crippen LogP contribution is 2.29. The van der Waals surface area contributed by atoms with Gasteiger partial charge in [-0.15, -0.1) is 0 Å². The second-order valence-corrected chi connectivity index (χ2v) is 6.25. The summed E-state index contributed by atoms with van der Waals surface area (Å²) in [6.45, 7) is 0. The molecule has 3 rings (SSSR count). The maximum atomic E-state index is 12.3. The largest absolute Gasteiger partial charge is 0.488 e. The van der Waals surface area contributed by atoms with Crippen LogP contribution in [0.3, 0.4) is 0 Å². The summed E-state index contributed by atoms with van der Waals surface area (Å²) >= 11 is 0. The van der Waals surface area contributed by atoms with Gasteiger partial charge in [0.15, 0.2) is 0 Å². The molecule has 1 aliphatic carbocycles. The molecule has 0 heterocycles. The number of anilines is 1. The van der Waals surface area contributed by atoms with Crippen molar-refractivity contribution in [3.05, 3.63) is 59.7 Å². The first-order chi connectivity index (χ1) is 12.1. The number of rotatable bonds is 6. The zero-order valence-corrected chi connectivity index (χ0v) is 13.9. The Morgan fingerprint density at radius 3 is 2.40 bits per heavy atom. The molecule has 25 heavy (non-hydrogen) atoms. The lowest BCUT2D eigenvalue weighted by Crippen LogP contribution is -2.17. The molecule has 2 N–H and O–H groups in total. The molecular weight excluding hydrogens is 318 g/mol. The maximum absolute atomic E-state index is 12.3. The Labute approximate surface area is 146 Å². The summed E-state index contributed by atoms with van der Waals surface area (Å²) in [4.78, 5) is 23.2. The van der Waals surface area contributed by atoms with E-state index in [1.54, 1.807) is 12.1 Å². The van der Waals surface area contributed by atoms with Crippen LogP contribution in [0.5, 0.6) is 5.75 Å². The summed E-state index contributed by atoms with van der Waals surface area (Å²) in [6.07, 6.45) is 4.88. The number of para-hydroxylation sites is 2. The van der Waals surface area contributed by atoms with Crippen molar-refractivity contribution in [2.24, 2.45) is 0 Å². The van der Waals surface area contributed by atoms with Crippen LogP contribution >= 0.6 is 0 Å². The molecule has 1 fully saturated rings. The van der Waals surface area contributed by atoms with E-state index in [9.17, 15) is 9.59 Å². The van der Waals surface area contributed by atoms with Crippen LogP contribution in [0, 0.1) is 0 Å². The highest BCUT2D eigenvalue weighted by Gasteiger charge is 2.18. The van der Waals surface area contributed by atoms with E-state index in [0.29, 0.717) is 11.4 Å². The third-order valence-corrected chi connectivity index (χ3v) is 4.32. The number of carbonyl (C=O) groups excluding carboxylic acids is 1. The van der Waals surface area contributed by atoms with Gasteiger partial charge in [-0.1, -0.05) is 24.3 Å². The second-order valence-electron chi connectivity index (χ2n) is 6.25. The van der Waals surface area contributed by atoms with Crippen molar-refractivity contribution < 1.29 is 19.4 Å². The molecule has 0 bridgehead atoms. The molecule has 2 aromatic carbocycles. The van der Waals surface area contributed by atoms with Crippen molar-refractivity contribution in [3.8, 4) is 5.75 Å². The van der Waals surface area contributed by atoms with Gasteiger partial charge in [-0.2, -0.15) is 0 Å². The summed E-state index contributed by atoms with van der Waals surface area (Å²) in [5, 5.41) is 11.8. The summed E-state index contributed by atoms with van der Waals surface area (Å²) in [5.74, 6) is -0.441. The van der Waals surface area contributed by atoms with E-state index >= 15 is 0 Å². The molecule has 0 aromatic heterocycles. The van der Waals surface area contributed by atoms with Gasteiger partial charge in [0.05, 0.1) is 23.8 Å². The lowest BCUT2D eigenvalue weighted by molar-refractivity contribution is -0.115. The second kappa shape index (κ2) is 7.83. The highest BCUT2D eigenvalue weighted by molar-refractivity contribution is 5.94. The molecule has 0 radical (unpaired) electrons. The Balaban J connectivity index is 1.63. The van der Waals surface area contributed by atoms with Crippen molar-refractivity contribution in [1.82, 2.24) is 0 Å². The number of ether oxygens (including phenoxy) is 1. The Kier molecular flexibility index (Phi) is 5.33. The van der Waals surface area contributed by atoms with Gasteiger partial charge in [-0.25, -0.2) is 4.79 Å². The van der Waals surface area contributed by atoms with E-state index in [1.807, 2.05) is 24.3 Å². The number of hydrogen-bond acceptors (Lipinski definition) is 3. The minimum atomic E-state index is -0.978. The van der Waals surface area contributed by atoms with Crippen LogP contribution in [0.1, 0.15) is 41.6 Å². The monoisotopic (exact) mass is 339 g/mol. The van der Waals surface area contributed by atoms with E-state index < -0.39 is 5.97 Å². The van der Waals surface area contributed by atoms with Gasteiger partial charge in [0, 0.05) is 0 Å². The van der Waals surface area contributed by atoms with Crippen LogP contribution in [0.15, 0.2) is 48.5 Å². The molecule has 130 valence electrons. The molecule has 5 heteroatoms. The van der Waals surface area contributed by atoms with Crippen LogP contribution in [0.25, 0.3) is 0 Å². The number of amides is 1. The number of carboxylic acids is 1. The van der Waals surface area contributed by atoms with Crippen molar-refractivity contribution >= 4 is 17.6 Å². The van der Waals surface area contributed by atoms with Gasteiger partial charge in [-0.3, -0.25) is 4.79 Å². The van der Waals surface area contributed by atoms with Gasteiger partial charge in [-0.05, 0) is 55.5 Å². The van der Waals surface area contributed by atoms with Gasteiger partial charge in [0.25, 0.3) is 0 Å². The predicted octanol–water partition coefficient (Wildman–Crippen LogP) is 3.89. The van der Waals surface area contributed by atoms with Crippen molar-refractivity contribution in [1.29, 1.82) is 0 Å². The molecule has 1 saturated carbocycles. The van der Waals surface area contributed by atoms with Crippen LogP contribution in [0.2, 0.25) is 0 Å². The number of hydrogen-bond donors (Lipinski definition) is 2. The smallest absolute Gasteiger partial charge is 0.335 e. The minimum absolute atomic E-state index is 0.162. The predicted molar refractivity (Wildman–Crippen MR) is 95.1 cm³/mol. The van der Waals surface area contributed by atoms with Crippen LogP contribution < -0.4 is 10.1 Å². The maximum Gasteiger partial charge on any atom is 0.335 e. The number of aromatic carboxylic acids is 1. The Morgan fingerprint density at radius 2 is 1.72 bits per heavy atom. The van der Waals surface area contributed by atoms with Gasteiger partial charge in [0.1, 0.15) is 5.75 Å². The van der Waals surface area contributed by atoms with E-state index in [2.05, 4.69) is 5.32 Å². The molecule has 2 aromatic rings. The van der Waals surface area contributed by atoms with Crippen LogP contribution in [0.4, 0.5) is 5.69 Å². The summed E-state index contributed by atoms with van der Waals surface area (Å²) in [6, 6.07) is 13.8. The molecule has 0 unspecified atom stereocenters. The Hall–Kier alpha value is -2.82. The molecule has 5 nitrogen and oxygen atoms in total. The fraction of sp³-hybridized carbons (Fsp3) is 0.300. The zero-order valence-electron chi connectivity index (χ0n) is 13.9. The van der Waals surface area contributed by atoms with Crippen molar-refractivity contribution in [2.75, 3.05) is 5.32 Å². The van der Waals surface area contributed by atoms with Gasteiger partial charge < -0.3 is 15.2 Å². The average molecular weight is 339 g/mol. The van der Waals surface area contributed by atoms with E-state index in [-0.39, 0.29) is 24.0 Å². The van der Waals surface area contributed by atoms with E-state index in [0.717, 1.165) is 18.4 Å². The molecule has 0 spiro atoms. The molecule has 1 amide bonds. The summed E-state index contributed by atoms with van der Waals surface area (Å²) in [7, 11) is 0. The van der Waals surface area contributed by atoms with Crippen molar-refractivity contribution in [3.63, 3.8) is 0 Å². The summed E-state index contributed by atoms with van der Waals surface area (Å²) < 4.78 is 6.02. The van der Waals surface area contributed by atoms with Crippen LogP contribution in [-0.2, 0) is 11.2 Å². The van der Waals surface area contributed by atoms with Gasteiger partial charge in [0.2, 0.25) is 5.91 Å². The zero-order chi connectivity index (χ0) is 17.6. The van der Waals surface area contributed by atoms with Gasteiger partial charge >= 0.3 is 5.97 Å². The van der Waals surface area contributed by atoms with Crippen LogP contribution in [-0.4, -0.2) is 23.1 Å². The normalized spacial score (nSPS) is 14.2. The molecule has 0 atom stereocenters. The third kappa shape index (κ3) is 4.59. The third-order valence-electron chi connectivity index (χ3n) is 4.32. The SMILES string of the molecule is O=C(Cc1ccc(C(=O)O)cc1)Nc1ccccc1OC1CCCC1. The average Bonchev–Trinajstić information content (AvgIpc) is 3.10. The van der Waals surface area contributed by atoms with Crippen molar-refractivity contribution in [2.45, 2.75) is 38.2 Å². The molecular formula is C20H21NO4. The first kappa shape index (κ1) is 17.0. The van der Waals surface area contributed by atoms with E-state index in [1.165, 1.54) is 25.0 Å². The lowest BCUT2D eigenvalue weighted by atomic mass is 10.1. The first-order valence-electron chi connectivity index (χ1n) is 8.49. The Morgan fingerprint density at radius 1 is 1.04 bits per heavy atom. The molecule has 0 saturated heterocycles. The van der Waals surface area contributed by atoms with E-state index in [4.69, 9.17) is 9.84 Å². The fourth-order valence-corrected chi connectivity index (χ4v) is 3.00. The minimum Gasteiger partial charge on any atom is -0.488 e. The first-order valence-corrected chi connectivity index (χ1v) is 8.49. The standard InChI is InChI=1S/C20H21NO4/c22-19(13-14-9-11-15(12-10-14)20(23)24)21-17-7-3-4-8-18(17)25-16-5-1-2-6-16/h3-4,7-12,16H,1-2,5-6,13H2,(H,21,22)(H,23,24). The Bertz CT molecular complexity index is 749. The number of benzene rings is 2. The number of carbonyl (C=O) groups is 2. The summed E-state index contributed by atoms with van der Waals surface area (Å²) in [5.41, 5.74) is 1.64. The topological polar surface area (TPSA) is 75.6 Å². The number of nitrogens with one attached hydrogen (secondary N) is 1. The lowest BCUT2D eigenvalue weighted by Gasteiger charge is -2.17. The fourth-order valence-electron chi connectivity index (χ4n) is 3.00. The molecule has 1 aliphatic rings. The quantitative estimate of drug-likeness (QED) is 0.837. The highest BCUT2D eigenvalue weighted by atomic mass is 16.5.